The van der Waals surface area contributed by atoms with Crippen LogP contribution in [0.4, 0.5) is 0 Å². The van der Waals surface area contributed by atoms with Crippen LogP contribution in [-0.4, -0.2) is 26.0 Å². The second-order valence-corrected chi connectivity index (χ2v) is 4.64. The van der Waals surface area contributed by atoms with Gasteiger partial charge in [-0.15, -0.1) is 0 Å². The third kappa shape index (κ3) is 2.02. The molecule has 0 fully saturated rings. The number of halogens is 2. The molecule has 0 aromatic carbocycles. The first-order valence-corrected chi connectivity index (χ1v) is 4.22. The molecule has 4 nitrogen and oxygen atoms in total. The van der Waals surface area contributed by atoms with Gasteiger partial charge in [-0.1, -0.05) is 30.1 Å². The molecule has 0 spiro atoms. The second kappa shape index (κ2) is 3.29. The maximum Gasteiger partial charge on any atom is 0.241 e. The Kier molecular flexibility index (Phi) is 3.40. The van der Waals surface area contributed by atoms with Crippen molar-refractivity contribution in [1.29, 1.82) is 0 Å². The van der Waals surface area contributed by atoms with E-state index in [0.717, 1.165) is 0 Å². The molecule has 0 amide bonds. The van der Waals surface area contributed by atoms with E-state index in [9.17, 15) is 0 Å². The van der Waals surface area contributed by atoms with E-state index in [1.807, 2.05) is 0 Å². The third-order valence-electron chi connectivity index (χ3n) is 2.00. The standard InChI is InChI=1S/C6H14Cl2N2O2/c1-3-5(9,4(2,7)8)6(10,11)12/h11-12H,3,9-10H2,1-2H3. The average Bonchev–Trinajstić information content (AvgIpc) is 1.81. The first-order chi connectivity index (χ1) is 5.06. The maximum absolute atomic E-state index is 9.11. The fourth-order valence-corrected chi connectivity index (χ4v) is 1.44. The smallest absolute Gasteiger partial charge is 0.241 e. The zero-order chi connectivity index (χ0) is 10.2. The molecular formula is C6H14Cl2N2O2. The molecule has 0 aliphatic heterocycles. The van der Waals surface area contributed by atoms with Gasteiger partial charge < -0.3 is 15.9 Å². The van der Waals surface area contributed by atoms with Gasteiger partial charge in [-0.2, -0.15) is 0 Å². The minimum Gasteiger partial charge on any atom is -0.352 e. The molecule has 0 aromatic heterocycles. The monoisotopic (exact) mass is 216 g/mol. The molecule has 0 aromatic rings. The van der Waals surface area contributed by atoms with E-state index < -0.39 is 15.8 Å². The molecule has 12 heavy (non-hydrogen) atoms. The van der Waals surface area contributed by atoms with Crippen LogP contribution in [0, 0.1) is 0 Å². The quantitative estimate of drug-likeness (QED) is 0.392. The van der Waals surface area contributed by atoms with Gasteiger partial charge in [-0.05, 0) is 13.3 Å². The van der Waals surface area contributed by atoms with Crippen LogP contribution >= 0.6 is 23.2 Å². The Balaban J connectivity index is 4.95. The molecule has 0 aliphatic rings. The zero-order valence-electron chi connectivity index (χ0n) is 7.01. The molecule has 1 atom stereocenters. The first-order valence-electron chi connectivity index (χ1n) is 3.46. The number of hydrogen-bond acceptors (Lipinski definition) is 4. The second-order valence-electron chi connectivity index (χ2n) is 2.94. The van der Waals surface area contributed by atoms with Gasteiger partial charge >= 0.3 is 0 Å². The number of rotatable bonds is 3. The lowest BCUT2D eigenvalue weighted by Gasteiger charge is -2.43. The Hall–Kier alpha value is 0.420. The molecule has 6 N–H and O–H groups in total. The van der Waals surface area contributed by atoms with Crippen LogP contribution in [0.5, 0.6) is 0 Å². The maximum atomic E-state index is 9.11. The van der Waals surface area contributed by atoms with Crippen molar-refractivity contribution < 1.29 is 10.2 Å². The Morgan fingerprint density at radius 2 is 1.58 bits per heavy atom. The molecule has 0 saturated heterocycles. The molecule has 0 radical (unpaired) electrons. The molecule has 0 heterocycles. The predicted octanol–water partition coefficient (Wildman–Crippen LogP) is -0.115. The van der Waals surface area contributed by atoms with Gasteiger partial charge in [0.05, 0.1) is 0 Å². The number of nitrogens with two attached hydrogens (primary N) is 2. The molecule has 1 unspecified atom stereocenters. The third-order valence-corrected chi connectivity index (χ3v) is 2.67. The summed E-state index contributed by atoms with van der Waals surface area (Å²) in [6.07, 6.45) is 0.139. The summed E-state index contributed by atoms with van der Waals surface area (Å²) in [5.41, 5.74) is 8.93. The summed E-state index contributed by atoms with van der Waals surface area (Å²) in [5, 5.41) is 18.2. The Morgan fingerprint density at radius 1 is 1.25 bits per heavy atom. The Bertz CT molecular complexity index is 148. The number of aliphatic hydroxyl groups is 2. The first kappa shape index (κ1) is 12.4. The lowest BCUT2D eigenvalue weighted by molar-refractivity contribution is -0.208. The van der Waals surface area contributed by atoms with Gasteiger partial charge in [0, 0.05) is 0 Å². The van der Waals surface area contributed by atoms with Gasteiger partial charge in [0.15, 0.2) is 0 Å². The van der Waals surface area contributed by atoms with Crippen LogP contribution in [0.3, 0.4) is 0 Å². The molecule has 74 valence electrons. The van der Waals surface area contributed by atoms with Crippen molar-refractivity contribution in [3.8, 4) is 0 Å². The highest BCUT2D eigenvalue weighted by Gasteiger charge is 2.54. The summed E-state index contributed by atoms with van der Waals surface area (Å²) in [6.45, 7) is 2.96. The molecule has 0 rings (SSSR count). The summed E-state index contributed by atoms with van der Waals surface area (Å²) in [5.74, 6) is -2.60. The van der Waals surface area contributed by atoms with Crippen molar-refractivity contribution in [1.82, 2.24) is 0 Å². The summed E-state index contributed by atoms with van der Waals surface area (Å²) >= 11 is 11.3. The van der Waals surface area contributed by atoms with Crippen molar-refractivity contribution in [3.63, 3.8) is 0 Å². The minimum atomic E-state index is -2.60. The van der Waals surface area contributed by atoms with Crippen LogP contribution in [0.25, 0.3) is 0 Å². The highest BCUT2D eigenvalue weighted by Crippen LogP contribution is 2.38. The Morgan fingerprint density at radius 3 is 1.58 bits per heavy atom. The topological polar surface area (TPSA) is 92.5 Å². The minimum absolute atomic E-state index is 0.139. The van der Waals surface area contributed by atoms with E-state index in [-0.39, 0.29) is 6.42 Å². The van der Waals surface area contributed by atoms with E-state index in [0.29, 0.717) is 0 Å². The fourth-order valence-electron chi connectivity index (χ4n) is 0.894. The van der Waals surface area contributed by atoms with E-state index in [1.165, 1.54) is 6.92 Å². The van der Waals surface area contributed by atoms with Crippen molar-refractivity contribution in [2.24, 2.45) is 11.5 Å². The summed E-state index contributed by atoms with van der Waals surface area (Å²) in [4.78, 5) is 0. The highest BCUT2D eigenvalue weighted by molar-refractivity contribution is 6.49. The van der Waals surface area contributed by atoms with Crippen LogP contribution in [0.15, 0.2) is 0 Å². The highest BCUT2D eigenvalue weighted by atomic mass is 35.5. The Labute approximate surface area is 81.4 Å². The lowest BCUT2D eigenvalue weighted by Crippen LogP contribution is -2.72. The van der Waals surface area contributed by atoms with Gasteiger partial charge in [0.2, 0.25) is 5.91 Å². The van der Waals surface area contributed by atoms with Crippen LogP contribution in [-0.2, 0) is 0 Å². The summed E-state index contributed by atoms with van der Waals surface area (Å²) in [6, 6.07) is 0. The SMILES string of the molecule is CCC(N)(C(N)(O)O)C(C)(Cl)Cl. The molecule has 0 aliphatic carbocycles. The molecule has 6 heteroatoms. The summed E-state index contributed by atoms with van der Waals surface area (Å²) in [7, 11) is 0. The van der Waals surface area contributed by atoms with Gasteiger partial charge in [-0.3, -0.25) is 5.73 Å². The normalized spacial score (nSPS) is 19.0. The van der Waals surface area contributed by atoms with E-state index in [4.69, 9.17) is 44.9 Å². The van der Waals surface area contributed by atoms with Crippen LogP contribution < -0.4 is 11.5 Å². The largest absolute Gasteiger partial charge is 0.352 e. The fraction of sp³-hybridized carbons (Fsp3) is 1.00. The molecule has 0 bridgehead atoms. The lowest BCUT2D eigenvalue weighted by atomic mass is 9.89. The van der Waals surface area contributed by atoms with Crippen molar-refractivity contribution in [2.75, 3.05) is 0 Å². The van der Waals surface area contributed by atoms with Gasteiger partial charge in [0.1, 0.15) is 9.87 Å². The van der Waals surface area contributed by atoms with E-state index in [2.05, 4.69) is 0 Å². The van der Waals surface area contributed by atoms with E-state index >= 15 is 0 Å². The molecular weight excluding hydrogens is 203 g/mol. The average molecular weight is 217 g/mol. The van der Waals surface area contributed by atoms with Crippen molar-refractivity contribution in [2.45, 2.75) is 36.1 Å². The van der Waals surface area contributed by atoms with Crippen molar-refractivity contribution in [3.05, 3.63) is 0 Å². The summed E-state index contributed by atoms with van der Waals surface area (Å²) < 4.78 is -1.51. The van der Waals surface area contributed by atoms with Crippen LogP contribution in [0.2, 0.25) is 0 Å². The number of alkyl halides is 2. The predicted molar refractivity (Wildman–Crippen MR) is 48.7 cm³/mol. The van der Waals surface area contributed by atoms with Crippen molar-refractivity contribution >= 4 is 23.2 Å². The zero-order valence-corrected chi connectivity index (χ0v) is 8.52. The number of hydrogen-bond donors (Lipinski definition) is 4. The van der Waals surface area contributed by atoms with Gasteiger partial charge in [0.25, 0.3) is 0 Å². The van der Waals surface area contributed by atoms with E-state index in [1.54, 1.807) is 6.92 Å². The van der Waals surface area contributed by atoms with Crippen LogP contribution in [0.1, 0.15) is 20.3 Å². The van der Waals surface area contributed by atoms with Gasteiger partial charge in [-0.25, -0.2) is 0 Å². The molecule has 0 saturated carbocycles.